The normalized spacial score (nSPS) is 15.6. The molecule has 0 spiro atoms. The summed E-state index contributed by atoms with van der Waals surface area (Å²) in [7, 11) is 1.53. The zero-order chi connectivity index (χ0) is 27.9. The van der Waals surface area contributed by atoms with Crippen molar-refractivity contribution in [1.29, 1.82) is 0 Å². The number of aryl methyl sites for hydroxylation is 1. The van der Waals surface area contributed by atoms with Crippen LogP contribution in [0.3, 0.4) is 0 Å². The van der Waals surface area contributed by atoms with Gasteiger partial charge >= 0.3 is 6.03 Å². The quantitative estimate of drug-likeness (QED) is 0.325. The summed E-state index contributed by atoms with van der Waals surface area (Å²) in [5, 5.41) is 9.68. The van der Waals surface area contributed by atoms with Crippen LogP contribution >= 0.6 is 0 Å². The minimum atomic E-state index is -0.722. The largest absolute Gasteiger partial charge is 0.443 e. The van der Waals surface area contributed by atoms with Crippen molar-refractivity contribution >= 4 is 28.7 Å². The predicted molar refractivity (Wildman–Crippen MR) is 149 cm³/mol. The van der Waals surface area contributed by atoms with Gasteiger partial charge in [0.15, 0.2) is 5.69 Å². The first-order chi connectivity index (χ1) is 18.8. The molecule has 1 fully saturated rings. The number of amides is 4. The summed E-state index contributed by atoms with van der Waals surface area (Å²) >= 11 is 0. The summed E-state index contributed by atoms with van der Waals surface area (Å²) in [6.45, 7) is 7.12. The maximum atomic E-state index is 13.7. The number of nitrogens with one attached hydrogen (secondary N) is 4. The molecular weight excluding hydrogens is 496 g/mol. The lowest BCUT2D eigenvalue weighted by atomic mass is 10.0. The minimum Gasteiger partial charge on any atom is -0.443 e. The highest BCUT2D eigenvalue weighted by Crippen LogP contribution is 2.26. The highest BCUT2D eigenvalue weighted by Gasteiger charge is 2.30. The molecule has 3 aromatic rings. The molecule has 1 aliphatic heterocycles. The second-order valence-corrected chi connectivity index (χ2v) is 10.7. The first-order valence-electron chi connectivity index (χ1n) is 13.9. The molecule has 2 aromatic heterocycles. The Bertz CT molecular complexity index is 1290. The third-order valence-corrected chi connectivity index (χ3v) is 7.18. The summed E-state index contributed by atoms with van der Waals surface area (Å²) < 4.78 is 5.92. The van der Waals surface area contributed by atoms with Crippen molar-refractivity contribution in [3.05, 3.63) is 53.4 Å². The molecule has 4 rings (SSSR count). The maximum absolute atomic E-state index is 13.7. The number of urea groups is 1. The maximum Gasteiger partial charge on any atom is 0.318 e. The van der Waals surface area contributed by atoms with Gasteiger partial charge in [-0.2, -0.15) is 0 Å². The molecule has 10 nitrogen and oxygen atoms in total. The van der Waals surface area contributed by atoms with E-state index in [9.17, 15) is 14.4 Å². The van der Waals surface area contributed by atoms with Crippen molar-refractivity contribution in [1.82, 2.24) is 30.8 Å². The van der Waals surface area contributed by atoms with Gasteiger partial charge in [0.05, 0.1) is 0 Å². The van der Waals surface area contributed by atoms with Crippen molar-refractivity contribution in [2.75, 3.05) is 20.1 Å². The van der Waals surface area contributed by atoms with Crippen LogP contribution in [0.15, 0.2) is 34.9 Å². The van der Waals surface area contributed by atoms with Crippen LogP contribution in [-0.4, -0.2) is 58.9 Å². The van der Waals surface area contributed by atoms with E-state index in [0.717, 1.165) is 42.1 Å². The van der Waals surface area contributed by atoms with Crippen molar-refractivity contribution in [3.8, 4) is 0 Å². The molecule has 2 atom stereocenters. The Hall–Kier alpha value is -3.82. The van der Waals surface area contributed by atoms with Gasteiger partial charge in [-0.05, 0) is 43.7 Å². The van der Waals surface area contributed by atoms with Crippen LogP contribution in [0, 0.1) is 12.8 Å². The van der Waals surface area contributed by atoms with Crippen LogP contribution < -0.4 is 16.0 Å². The van der Waals surface area contributed by atoms with E-state index in [1.54, 1.807) is 6.92 Å². The van der Waals surface area contributed by atoms with Crippen LogP contribution in [0.1, 0.15) is 79.7 Å². The zero-order valence-corrected chi connectivity index (χ0v) is 23.3. The van der Waals surface area contributed by atoms with Crippen molar-refractivity contribution in [2.45, 2.75) is 71.4 Å². The molecule has 4 amide bonds. The number of para-hydroxylation sites is 1. The van der Waals surface area contributed by atoms with E-state index < -0.39 is 12.1 Å². The lowest BCUT2D eigenvalue weighted by Crippen LogP contribution is -2.52. The SMILES string of the molecule is CNC(=O)c1nc([C@@H](Cc2c[nH]c3ccccc23)NC(=O)[C@H](CC(C)C)NC(=O)N2CCCCCC2)oc1C. The van der Waals surface area contributed by atoms with E-state index >= 15 is 0 Å². The summed E-state index contributed by atoms with van der Waals surface area (Å²) in [6.07, 6.45) is 6.95. The second-order valence-electron chi connectivity index (χ2n) is 10.7. The van der Waals surface area contributed by atoms with E-state index in [4.69, 9.17) is 4.42 Å². The Kier molecular flexibility index (Phi) is 9.27. The molecule has 39 heavy (non-hydrogen) atoms. The Labute approximate surface area is 229 Å². The molecule has 3 heterocycles. The molecule has 0 unspecified atom stereocenters. The number of hydrogen-bond donors (Lipinski definition) is 4. The van der Waals surface area contributed by atoms with Gasteiger partial charge in [-0.25, -0.2) is 9.78 Å². The summed E-state index contributed by atoms with van der Waals surface area (Å²) in [4.78, 5) is 48.7. The molecule has 4 N–H and O–H groups in total. The predicted octanol–water partition coefficient (Wildman–Crippen LogP) is 4.22. The third kappa shape index (κ3) is 6.99. The average molecular weight is 537 g/mol. The van der Waals surface area contributed by atoms with Crippen LogP contribution in [0.2, 0.25) is 0 Å². The van der Waals surface area contributed by atoms with E-state index in [0.29, 0.717) is 31.7 Å². The second kappa shape index (κ2) is 12.8. The standard InChI is InChI=1S/C29H40N6O4/c1-18(2)15-23(33-29(38)35-13-9-5-6-10-14-35)26(36)32-24(28-34-25(19(3)39-28)27(37)30-4)16-20-17-31-22-12-8-7-11-21(20)22/h7-8,11-12,17-18,23-24,31H,5-6,9-10,13-16H2,1-4H3,(H,30,37)(H,32,36)(H,33,38)/t23-,24+/m0/s1. The number of aromatic amines is 1. The van der Waals surface area contributed by atoms with Crippen molar-refractivity contribution < 1.29 is 18.8 Å². The van der Waals surface area contributed by atoms with Gasteiger partial charge in [0, 0.05) is 43.7 Å². The summed E-state index contributed by atoms with van der Waals surface area (Å²) in [5.41, 5.74) is 2.13. The zero-order valence-electron chi connectivity index (χ0n) is 23.3. The number of aromatic nitrogens is 2. The monoisotopic (exact) mass is 536 g/mol. The van der Waals surface area contributed by atoms with E-state index in [-0.39, 0.29) is 35.3 Å². The van der Waals surface area contributed by atoms with Gasteiger partial charge in [-0.15, -0.1) is 0 Å². The first-order valence-corrected chi connectivity index (χ1v) is 13.9. The number of likely N-dealkylation sites (tertiary alicyclic amines) is 1. The third-order valence-electron chi connectivity index (χ3n) is 7.18. The number of carbonyl (C=O) groups excluding carboxylic acids is 3. The molecule has 0 radical (unpaired) electrons. The van der Waals surface area contributed by atoms with Crippen LogP contribution in [-0.2, 0) is 11.2 Å². The van der Waals surface area contributed by atoms with Gasteiger partial charge in [0.1, 0.15) is 17.8 Å². The van der Waals surface area contributed by atoms with Gasteiger partial charge in [-0.3, -0.25) is 9.59 Å². The van der Waals surface area contributed by atoms with Crippen LogP contribution in [0.25, 0.3) is 10.9 Å². The van der Waals surface area contributed by atoms with Crippen LogP contribution in [0.5, 0.6) is 0 Å². The summed E-state index contributed by atoms with van der Waals surface area (Å²) in [5.74, 6) is 0.125. The number of benzene rings is 1. The fourth-order valence-corrected chi connectivity index (χ4v) is 5.10. The molecule has 1 aromatic carbocycles. The van der Waals surface area contributed by atoms with Gasteiger partial charge in [0.25, 0.3) is 5.91 Å². The topological polar surface area (TPSA) is 132 Å². The Balaban J connectivity index is 1.60. The molecular formula is C29H40N6O4. The molecule has 0 aliphatic carbocycles. The van der Waals surface area contributed by atoms with Crippen LogP contribution in [0.4, 0.5) is 4.79 Å². The fraction of sp³-hybridized carbons (Fsp3) is 0.517. The van der Waals surface area contributed by atoms with E-state index in [1.807, 2.05) is 49.2 Å². The van der Waals surface area contributed by atoms with Crippen molar-refractivity contribution in [2.24, 2.45) is 5.92 Å². The highest BCUT2D eigenvalue weighted by molar-refractivity contribution is 5.93. The minimum absolute atomic E-state index is 0.180. The number of carbonyl (C=O) groups is 3. The molecule has 1 saturated heterocycles. The molecule has 0 bridgehead atoms. The summed E-state index contributed by atoms with van der Waals surface area (Å²) in [6, 6.07) is 6.34. The number of nitrogens with zero attached hydrogens (tertiary/aromatic N) is 2. The average Bonchev–Trinajstić information content (AvgIpc) is 3.39. The Morgan fingerprint density at radius 1 is 1.08 bits per heavy atom. The van der Waals surface area contributed by atoms with Gasteiger partial charge in [0.2, 0.25) is 11.8 Å². The number of oxazole rings is 1. The number of H-pyrrole nitrogens is 1. The highest BCUT2D eigenvalue weighted by atomic mass is 16.4. The van der Waals surface area contributed by atoms with Gasteiger partial charge < -0.3 is 30.3 Å². The van der Waals surface area contributed by atoms with Gasteiger partial charge in [-0.1, -0.05) is 44.9 Å². The lowest BCUT2D eigenvalue weighted by molar-refractivity contribution is -0.124. The number of rotatable bonds is 9. The number of hydrogen-bond acceptors (Lipinski definition) is 5. The smallest absolute Gasteiger partial charge is 0.318 e. The lowest BCUT2D eigenvalue weighted by Gasteiger charge is -2.27. The van der Waals surface area contributed by atoms with Crippen molar-refractivity contribution in [3.63, 3.8) is 0 Å². The molecule has 1 aliphatic rings. The molecule has 0 saturated carbocycles. The first kappa shape index (κ1) is 28.2. The van der Waals surface area contributed by atoms with E-state index in [2.05, 4.69) is 25.9 Å². The molecule has 10 heteroatoms. The Morgan fingerprint density at radius 2 is 1.79 bits per heavy atom. The number of fused-ring (bicyclic) bond motifs is 1. The molecule has 210 valence electrons. The van der Waals surface area contributed by atoms with E-state index in [1.165, 1.54) is 7.05 Å². The Morgan fingerprint density at radius 3 is 2.49 bits per heavy atom. The fourth-order valence-electron chi connectivity index (χ4n) is 5.10.